The first kappa shape index (κ1) is 25.6. The topological polar surface area (TPSA) is 164 Å². The molecule has 0 fully saturated rings. The summed E-state index contributed by atoms with van der Waals surface area (Å²) >= 11 is 0. The third-order valence-electron chi connectivity index (χ3n) is 5.86. The minimum atomic E-state index is -0.623. The molecular weight excluding hydrogens is 506 g/mol. The molecule has 4 aromatic heterocycles. The van der Waals surface area contributed by atoms with E-state index in [-0.39, 0.29) is 29.7 Å². The molecule has 0 saturated carbocycles. The number of aryl methyl sites for hydroxylation is 1. The summed E-state index contributed by atoms with van der Waals surface area (Å²) in [6.07, 6.45) is 3.64. The smallest absolute Gasteiger partial charge is 0.275 e. The number of aromatic nitrogens is 7. The minimum Gasteiger partial charge on any atom is -0.494 e. The van der Waals surface area contributed by atoms with E-state index in [1.165, 1.54) is 18.8 Å². The Hall–Kier alpha value is -5.07. The van der Waals surface area contributed by atoms with E-state index in [9.17, 15) is 9.90 Å². The van der Waals surface area contributed by atoms with Crippen LogP contribution in [0.15, 0.2) is 56.3 Å². The van der Waals surface area contributed by atoms with Crippen LogP contribution in [0.5, 0.6) is 17.4 Å². The van der Waals surface area contributed by atoms with Gasteiger partial charge in [-0.05, 0) is 30.7 Å². The molecule has 5 rings (SSSR count). The molecule has 13 heteroatoms. The minimum absolute atomic E-state index is 0.00410. The summed E-state index contributed by atoms with van der Waals surface area (Å²) in [6.45, 7) is 2.02. The number of hydrogen-bond donors (Lipinski definition) is 1. The number of para-hydroxylation sites is 1. The van der Waals surface area contributed by atoms with E-state index >= 15 is 0 Å². The first-order valence-electron chi connectivity index (χ1n) is 12.2. The van der Waals surface area contributed by atoms with Gasteiger partial charge in [-0.1, -0.05) is 30.6 Å². The van der Waals surface area contributed by atoms with Crippen molar-refractivity contribution in [1.82, 2.24) is 34.9 Å². The van der Waals surface area contributed by atoms with E-state index in [1.54, 1.807) is 36.5 Å². The highest BCUT2D eigenvalue weighted by atomic mass is 16.5. The Bertz CT molecular complexity index is 1620. The Labute approximate surface area is 222 Å². The standard InChI is InChI=1S/C26H25N7O6/c1-4-5-12-18-28-24(34)21(26(35)33(18)22-16(36-2)10-8-11-17(22)37-3)25-31-30-20(38-25)14-19-29-23(32-39-19)15-9-6-7-13-27-15/h6-11,13,34H,4-5,12,14H2,1-3H3. The van der Waals surface area contributed by atoms with Crippen LogP contribution in [-0.4, -0.2) is 54.2 Å². The normalized spacial score (nSPS) is 11.1. The van der Waals surface area contributed by atoms with Crippen molar-refractivity contribution < 1.29 is 23.5 Å². The molecule has 200 valence electrons. The molecule has 4 heterocycles. The van der Waals surface area contributed by atoms with Crippen molar-refractivity contribution in [3.05, 3.63) is 70.6 Å². The van der Waals surface area contributed by atoms with Gasteiger partial charge >= 0.3 is 0 Å². The Morgan fingerprint density at radius 3 is 2.49 bits per heavy atom. The van der Waals surface area contributed by atoms with Crippen LogP contribution in [0.3, 0.4) is 0 Å². The van der Waals surface area contributed by atoms with Crippen LogP contribution in [-0.2, 0) is 12.8 Å². The number of pyridine rings is 1. The predicted octanol–water partition coefficient (Wildman–Crippen LogP) is 3.38. The van der Waals surface area contributed by atoms with E-state index in [1.807, 2.05) is 13.0 Å². The largest absolute Gasteiger partial charge is 0.494 e. The Balaban J connectivity index is 1.55. The van der Waals surface area contributed by atoms with Gasteiger partial charge in [0.2, 0.25) is 23.5 Å². The van der Waals surface area contributed by atoms with Crippen molar-refractivity contribution in [2.45, 2.75) is 32.6 Å². The number of aromatic hydroxyl groups is 1. The molecule has 0 aliphatic heterocycles. The molecule has 1 N–H and O–H groups in total. The molecule has 0 atom stereocenters. The molecule has 0 aliphatic carbocycles. The first-order valence-corrected chi connectivity index (χ1v) is 12.2. The Morgan fingerprint density at radius 2 is 1.79 bits per heavy atom. The zero-order chi connectivity index (χ0) is 27.4. The second-order valence-corrected chi connectivity index (χ2v) is 8.39. The Morgan fingerprint density at radius 1 is 1.00 bits per heavy atom. The van der Waals surface area contributed by atoms with E-state index < -0.39 is 11.4 Å². The summed E-state index contributed by atoms with van der Waals surface area (Å²) in [4.78, 5) is 26.7. The highest BCUT2D eigenvalue weighted by molar-refractivity contribution is 5.63. The molecule has 13 nitrogen and oxygen atoms in total. The fourth-order valence-electron chi connectivity index (χ4n) is 4.01. The number of methoxy groups -OCH3 is 2. The molecule has 0 bridgehead atoms. The summed E-state index contributed by atoms with van der Waals surface area (Å²) < 4.78 is 23.4. The predicted molar refractivity (Wildman–Crippen MR) is 137 cm³/mol. The number of ether oxygens (including phenoxy) is 2. The third-order valence-corrected chi connectivity index (χ3v) is 5.86. The van der Waals surface area contributed by atoms with Gasteiger partial charge in [-0.15, -0.1) is 10.2 Å². The van der Waals surface area contributed by atoms with Crippen molar-refractivity contribution in [2.75, 3.05) is 14.2 Å². The SMILES string of the molecule is CCCCc1nc(O)c(-c2nnc(Cc3nc(-c4ccccn4)no3)o2)c(=O)n1-c1c(OC)cccc1OC. The van der Waals surface area contributed by atoms with Gasteiger partial charge in [-0.3, -0.25) is 14.3 Å². The lowest BCUT2D eigenvalue weighted by Gasteiger charge is -2.18. The molecule has 0 spiro atoms. The molecular formula is C26H25N7O6. The number of hydrogen-bond acceptors (Lipinski definition) is 12. The van der Waals surface area contributed by atoms with E-state index in [2.05, 4.69) is 30.3 Å². The fraction of sp³-hybridized carbons (Fsp3) is 0.269. The second kappa shape index (κ2) is 11.1. The molecule has 39 heavy (non-hydrogen) atoms. The zero-order valence-electron chi connectivity index (χ0n) is 21.5. The van der Waals surface area contributed by atoms with Gasteiger partial charge in [0.15, 0.2) is 5.56 Å². The van der Waals surface area contributed by atoms with Gasteiger partial charge in [-0.25, -0.2) is 0 Å². The van der Waals surface area contributed by atoms with E-state index in [4.69, 9.17) is 18.4 Å². The summed E-state index contributed by atoms with van der Waals surface area (Å²) in [5, 5.41) is 22.7. The van der Waals surface area contributed by atoms with E-state index in [0.29, 0.717) is 40.9 Å². The molecule has 1 aromatic carbocycles. The van der Waals surface area contributed by atoms with Crippen molar-refractivity contribution in [2.24, 2.45) is 0 Å². The van der Waals surface area contributed by atoms with Crippen LogP contribution < -0.4 is 15.0 Å². The van der Waals surface area contributed by atoms with Crippen molar-refractivity contribution in [3.63, 3.8) is 0 Å². The summed E-state index contributed by atoms with van der Waals surface area (Å²) in [5.41, 5.74) is 0.00805. The highest BCUT2D eigenvalue weighted by Crippen LogP contribution is 2.34. The number of benzene rings is 1. The molecule has 0 unspecified atom stereocenters. The highest BCUT2D eigenvalue weighted by Gasteiger charge is 2.27. The van der Waals surface area contributed by atoms with Crippen LogP contribution in [0.2, 0.25) is 0 Å². The molecule has 0 amide bonds. The average Bonchev–Trinajstić information content (AvgIpc) is 3.62. The van der Waals surface area contributed by atoms with Crippen LogP contribution in [0.1, 0.15) is 37.4 Å². The Kier molecular flexibility index (Phi) is 7.30. The van der Waals surface area contributed by atoms with Crippen LogP contribution in [0.4, 0.5) is 0 Å². The van der Waals surface area contributed by atoms with Gasteiger partial charge in [0, 0.05) is 12.6 Å². The van der Waals surface area contributed by atoms with Gasteiger partial charge in [0.05, 0.1) is 14.2 Å². The van der Waals surface area contributed by atoms with Gasteiger partial charge in [0.1, 0.15) is 35.1 Å². The van der Waals surface area contributed by atoms with Crippen LogP contribution >= 0.6 is 0 Å². The average molecular weight is 532 g/mol. The van der Waals surface area contributed by atoms with Crippen molar-refractivity contribution in [1.29, 1.82) is 0 Å². The monoisotopic (exact) mass is 531 g/mol. The van der Waals surface area contributed by atoms with Crippen LogP contribution in [0, 0.1) is 0 Å². The summed E-state index contributed by atoms with van der Waals surface area (Å²) in [6, 6.07) is 10.5. The van der Waals surface area contributed by atoms with Gasteiger partial charge in [0.25, 0.3) is 11.4 Å². The van der Waals surface area contributed by atoms with Crippen molar-refractivity contribution in [3.8, 4) is 46.0 Å². The molecule has 0 radical (unpaired) electrons. The lowest BCUT2D eigenvalue weighted by Crippen LogP contribution is -2.26. The van der Waals surface area contributed by atoms with Crippen molar-refractivity contribution >= 4 is 0 Å². The number of unbranched alkanes of at least 4 members (excludes halogenated alkanes) is 1. The van der Waals surface area contributed by atoms with Gasteiger partial charge in [-0.2, -0.15) is 9.97 Å². The third kappa shape index (κ3) is 5.06. The quantitative estimate of drug-likeness (QED) is 0.280. The first-order chi connectivity index (χ1) is 19.0. The molecule has 0 saturated heterocycles. The number of rotatable bonds is 10. The zero-order valence-corrected chi connectivity index (χ0v) is 21.5. The maximum absolute atomic E-state index is 13.9. The maximum atomic E-state index is 13.9. The fourth-order valence-corrected chi connectivity index (χ4v) is 4.01. The molecule has 5 aromatic rings. The van der Waals surface area contributed by atoms with Crippen LogP contribution in [0.25, 0.3) is 28.7 Å². The number of nitrogens with zero attached hydrogens (tertiary/aromatic N) is 7. The lowest BCUT2D eigenvalue weighted by molar-refractivity contribution is 0.373. The van der Waals surface area contributed by atoms with Gasteiger partial charge < -0.3 is 23.5 Å². The summed E-state index contributed by atoms with van der Waals surface area (Å²) in [7, 11) is 2.98. The van der Waals surface area contributed by atoms with E-state index in [0.717, 1.165) is 12.8 Å². The molecule has 0 aliphatic rings. The lowest BCUT2D eigenvalue weighted by atomic mass is 10.2. The summed E-state index contributed by atoms with van der Waals surface area (Å²) in [5.74, 6) is 0.978. The second-order valence-electron chi connectivity index (χ2n) is 8.39. The maximum Gasteiger partial charge on any atom is 0.275 e.